The van der Waals surface area contributed by atoms with E-state index in [9.17, 15) is 13.2 Å². The topological polar surface area (TPSA) is 97.3 Å². The van der Waals surface area contributed by atoms with Gasteiger partial charge in [-0.3, -0.25) is 9.10 Å². The van der Waals surface area contributed by atoms with E-state index in [1.54, 1.807) is 37.3 Å². The molecule has 0 atom stereocenters. The number of methoxy groups -OCH3 is 2. The smallest absolute Gasteiger partial charge is 0.260 e. The summed E-state index contributed by atoms with van der Waals surface area (Å²) in [6.45, 7) is 1.28. The third-order valence-electron chi connectivity index (χ3n) is 3.95. The predicted octanol–water partition coefficient (Wildman–Crippen LogP) is 2.66. The van der Waals surface area contributed by atoms with Crippen molar-refractivity contribution in [1.29, 1.82) is 0 Å². The number of hydrazone groups is 1. The van der Waals surface area contributed by atoms with Crippen LogP contribution in [0.1, 0.15) is 12.5 Å². The normalized spacial score (nSPS) is 11.7. The second-order valence-electron chi connectivity index (χ2n) is 6.05. The Bertz CT molecular complexity index is 1010. The number of halogens is 1. The minimum atomic E-state index is -3.68. The maximum absolute atomic E-state index is 12.3. The van der Waals surface area contributed by atoms with E-state index >= 15 is 0 Å². The van der Waals surface area contributed by atoms with Gasteiger partial charge in [0.15, 0.2) is 11.5 Å². The van der Waals surface area contributed by atoms with Crippen LogP contribution in [0.15, 0.2) is 47.6 Å². The molecule has 1 N–H and O–H groups in total. The molecule has 0 radical (unpaired) electrons. The van der Waals surface area contributed by atoms with Gasteiger partial charge in [-0.1, -0.05) is 11.6 Å². The molecule has 2 aromatic rings. The first-order valence-electron chi connectivity index (χ1n) is 8.44. The molecular formula is C19H22ClN3O5S. The molecule has 0 aromatic heterocycles. The summed E-state index contributed by atoms with van der Waals surface area (Å²) in [4.78, 5) is 12.3. The zero-order chi connectivity index (χ0) is 21.6. The van der Waals surface area contributed by atoms with Gasteiger partial charge >= 0.3 is 0 Å². The first-order chi connectivity index (χ1) is 13.7. The van der Waals surface area contributed by atoms with Crippen molar-refractivity contribution in [3.63, 3.8) is 0 Å². The molecule has 29 heavy (non-hydrogen) atoms. The molecule has 0 saturated carbocycles. The van der Waals surface area contributed by atoms with Crippen molar-refractivity contribution in [2.75, 3.05) is 31.3 Å². The maximum Gasteiger partial charge on any atom is 0.260 e. The van der Waals surface area contributed by atoms with E-state index in [-0.39, 0.29) is 0 Å². The third-order valence-corrected chi connectivity index (χ3v) is 5.34. The van der Waals surface area contributed by atoms with Crippen LogP contribution in [0.4, 0.5) is 5.69 Å². The van der Waals surface area contributed by atoms with Gasteiger partial charge in [-0.2, -0.15) is 5.10 Å². The lowest BCUT2D eigenvalue weighted by Gasteiger charge is -2.21. The van der Waals surface area contributed by atoms with Crippen molar-refractivity contribution in [2.45, 2.75) is 6.92 Å². The molecule has 10 heteroatoms. The fourth-order valence-corrected chi connectivity index (χ4v) is 3.43. The number of sulfonamides is 1. The third kappa shape index (κ3) is 6.10. The molecule has 8 nitrogen and oxygen atoms in total. The van der Waals surface area contributed by atoms with Crippen LogP contribution >= 0.6 is 11.6 Å². The van der Waals surface area contributed by atoms with Gasteiger partial charge in [-0.05, 0) is 49.4 Å². The number of hydrogen-bond acceptors (Lipinski definition) is 6. The van der Waals surface area contributed by atoms with Crippen LogP contribution in [0.3, 0.4) is 0 Å². The highest BCUT2D eigenvalue weighted by atomic mass is 35.5. The molecule has 2 aromatic carbocycles. The van der Waals surface area contributed by atoms with Crippen molar-refractivity contribution in [1.82, 2.24) is 5.43 Å². The summed E-state index contributed by atoms with van der Waals surface area (Å²) in [7, 11) is -0.628. The van der Waals surface area contributed by atoms with Crippen LogP contribution in [0, 0.1) is 0 Å². The molecule has 0 heterocycles. The highest BCUT2D eigenvalue weighted by Gasteiger charge is 2.20. The summed E-state index contributed by atoms with van der Waals surface area (Å²) >= 11 is 5.84. The molecule has 0 bridgehead atoms. The Morgan fingerprint density at radius 1 is 1.10 bits per heavy atom. The number of anilines is 1. The number of ether oxygens (including phenoxy) is 2. The Morgan fingerprint density at radius 3 is 2.28 bits per heavy atom. The number of carbonyl (C=O) groups is 1. The molecular weight excluding hydrogens is 418 g/mol. The Labute approximate surface area is 175 Å². The number of hydrogen-bond donors (Lipinski definition) is 1. The average Bonchev–Trinajstić information content (AvgIpc) is 2.69. The zero-order valence-electron chi connectivity index (χ0n) is 16.5. The van der Waals surface area contributed by atoms with Gasteiger partial charge in [-0.15, -0.1) is 0 Å². The van der Waals surface area contributed by atoms with Gasteiger partial charge in [0, 0.05) is 10.6 Å². The van der Waals surface area contributed by atoms with E-state index in [0.29, 0.717) is 33.5 Å². The molecule has 0 unspecified atom stereocenters. The molecule has 0 fully saturated rings. The molecule has 0 aliphatic carbocycles. The first kappa shape index (κ1) is 22.5. The van der Waals surface area contributed by atoms with E-state index in [4.69, 9.17) is 21.1 Å². The molecule has 156 valence electrons. The van der Waals surface area contributed by atoms with Crippen molar-refractivity contribution in [3.8, 4) is 11.5 Å². The largest absolute Gasteiger partial charge is 0.493 e. The van der Waals surface area contributed by atoms with Gasteiger partial charge in [0.05, 0.1) is 31.9 Å². The second kappa shape index (κ2) is 9.62. The summed E-state index contributed by atoms with van der Waals surface area (Å²) in [6, 6.07) is 11.4. The SMILES string of the molecule is COc1ccc(/C(C)=N\NC(=O)CN(c2ccc(Cl)cc2)S(C)(=O)=O)cc1OC. The number of benzene rings is 2. The molecule has 0 aliphatic rings. The van der Waals surface area contributed by atoms with Crippen molar-refractivity contribution in [3.05, 3.63) is 53.1 Å². The minimum Gasteiger partial charge on any atom is -0.493 e. The van der Waals surface area contributed by atoms with Crippen LogP contribution < -0.4 is 19.2 Å². The predicted molar refractivity (Wildman–Crippen MR) is 114 cm³/mol. The average molecular weight is 440 g/mol. The standard InChI is InChI=1S/C19H22ClN3O5S/c1-13(14-5-10-17(27-2)18(11-14)28-3)21-22-19(24)12-23(29(4,25)26)16-8-6-15(20)7-9-16/h5-11H,12H2,1-4H3,(H,22,24)/b21-13-. The Balaban J connectivity index is 2.14. The Morgan fingerprint density at radius 2 is 1.72 bits per heavy atom. The summed E-state index contributed by atoms with van der Waals surface area (Å²) < 4.78 is 35.6. The number of rotatable bonds is 8. The number of amides is 1. The van der Waals surface area contributed by atoms with Gasteiger partial charge in [0.2, 0.25) is 10.0 Å². The number of carbonyl (C=O) groups excluding carboxylic acids is 1. The van der Waals surface area contributed by atoms with Crippen molar-refractivity contribution in [2.24, 2.45) is 5.10 Å². The van der Waals surface area contributed by atoms with E-state index in [1.807, 2.05) is 0 Å². The molecule has 0 spiro atoms. The Kier molecular flexibility index (Phi) is 7.46. The van der Waals surface area contributed by atoms with E-state index in [0.717, 1.165) is 10.6 Å². The maximum atomic E-state index is 12.3. The van der Waals surface area contributed by atoms with E-state index < -0.39 is 22.5 Å². The summed E-state index contributed by atoms with van der Waals surface area (Å²) in [5.74, 6) is 0.502. The lowest BCUT2D eigenvalue weighted by atomic mass is 10.1. The van der Waals surface area contributed by atoms with Crippen molar-refractivity contribution >= 4 is 38.9 Å². The van der Waals surface area contributed by atoms with Crippen LogP contribution in [0.2, 0.25) is 5.02 Å². The van der Waals surface area contributed by atoms with Crippen LogP contribution in [0.25, 0.3) is 0 Å². The van der Waals surface area contributed by atoms with E-state index in [1.165, 1.54) is 26.4 Å². The van der Waals surface area contributed by atoms with Gasteiger partial charge in [-0.25, -0.2) is 13.8 Å². The summed E-state index contributed by atoms with van der Waals surface area (Å²) in [5, 5.41) is 4.51. The highest BCUT2D eigenvalue weighted by molar-refractivity contribution is 7.92. The van der Waals surface area contributed by atoms with Crippen LogP contribution in [0.5, 0.6) is 11.5 Å². The minimum absolute atomic E-state index is 0.327. The Hall–Kier alpha value is -2.78. The van der Waals surface area contributed by atoms with Crippen molar-refractivity contribution < 1.29 is 22.7 Å². The lowest BCUT2D eigenvalue weighted by molar-refractivity contribution is -0.119. The van der Waals surface area contributed by atoms with E-state index in [2.05, 4.69) is 10.5 Å². The zero-order valence-corrected chi connectivity index (χ0v) is 18.0. The quantitative estimate of drug-likeness (QED) is 0.503. The van der Waals surface area contributed by atoms with Gasteiger partial charge in [0.1, 0.15) is 6.54 Å². The summed E-state index contributed by atoms with van der Waals surface area (Å²) in [5.41, 5.74) is 3.92. The summed E-state index contributed by atoms with van der Waals surface area (Å²) in [6.07, 6.45) is 1.02. The fourth-order valence-electron chi connectivity index (χ4n) is 2.45. The number of nitrogens with one attached hydrogen (secondary N) is 1. The number of nitrogens with zero attached hydrogens (tertiary/aromatic N) is 2. The van der Waals surface area contributed by atoms with Gasteiger partial charge in [0.25, 0.3) is 5.91 Å². The highest BCUT2D eigenvalue weighted by Crippen LogP contribution is 2.27. The first-order valence-corrected chi connectivity index (χ1v) is 10.7. The second-order valence-corrected chi connectivity index (χ2v) is 8.39. The lowest BCUT2D eigenvalue weighted by Crippen LogP contribution is -2.39. The monoisotopic (exact) mass is 439 g/mol. The molecule has 0 aliphatic heterocycles. The molecule has 1 amide bonds. The molecule has 0 saturated heterocycles. The molecule has 2 rings (SSSR count). The fraction of sp³-hybridized carbons (Fsp3) is 0.263. The van der Waals surface area contributed by atoms with Gasteiger partial charge < -0.3 is 9.47 Å². The van der Waals surface area contributed by atoms with Crippen LogP contribution in [-0.4, -0.2) is 47.1 Å². The van der Waals surface area contributed by atoms with Crippen LogP contribution in [-0.2, 0) is 14.8 Å².